The molecule has 0 saturated heterocycles. The molecular formula is C2H9BiN2O2S2. The molecule has 0 fully saturated rings. The summed E-state index contributed by atoms with van der Waals surface area (Å²) in [4.78, 5) is 0. The molecule has 4 nitrogen and oxygen atoms in total. The quantitative estimate of drug-likeness (QED) is 0.305. The standard InChI is InChI=1S/2CH3NOS.Bi.3H/c2*2-1(3)4;;;;/h2*(H3,2,3,4);;;;. The maximum atomic E-state index is 7.56. The first-order valence-corrected chi connectivity index (χ1v) is 2.25. The Morgan fingerprint density at radius 3 is 1.00 bits per heavy atom. The van der Waals surface area contributed by atoms with E-state index >= 15 is 0 Å². The summed E-state index contributed by atoms with van der Waals surface area (Å²) in [6, 6.07) is 0. The zero-order valence-corrected chi connectivity index (χ0v) is 11.7. The number of nitrogens with two attached hydrogens (primary N) is 2. The van der Waals surface area contributed by atoms with Crippen molar-refractivity contribution in [2.24, 2.45) is 11.5 Å². The van der Waals surface area contributed by atoms with E-state index < -0.39 is 10.3 Å². The van der Waals surface area contributed by atoms with E-state index in [1.54, 1.807) is 0 Å². The van der Waals surface area contributed by atoms with Crippen molar-refractivity contribution in [3.63, 3.8) is 0 Å². The van der Waals surface area contributed by atoms with Crippen molar-refractivity contribution in [3.05, 3.63) is 0 Å². The van der Waals surface area contributed by atoms with Crippen molar-refractivity contribution in [1.29, 1.82) is 0 Å². The van der Waals surface area contributed by atoms with Gasteiger partial charge in [0.05, 0.1) is 0 Å². The van der Waals surface area contributed by atoms with Gasteiger partial charge in [0.15, 0.2) is 0 Å². The van der Waals surface area contributed by atoms with E-state index in [2.05, 4.69) is 35.9 Å². The van der Waals surface area contributed by atoms with Gasteiger partial charge in [-0.1, -0.05) is 0 Å². The van der Waals surface area contributed by atoms with Crippen molar-refractivity contribution < 1.29 is 10.2 Å². The predicted octanol–water partition coefficient (Wildman–Crippen LogP) is -1.61. The fraction of sp³-hybridized carbons (Fsp3) is 0. The van der Waals surface area contributed by atoms with E-state index in [0.29, 0.717) is 0 Å². The normalized spacial score (nSPS) is 5.33. The number of hydrogen-bond donors (Lipinski definition) is 4. The molecule has 0 aromatic carbocycles. The van der Waals surface area contributed by atoms with Crippen molar-refractivity contribution in [3.8, 4) is 0 Å². The van der Waals surface area contributed by atoms with Gasteiger partial charge in [0.2, 0.25) is 0 Å². The zero-order chi connectivity index (χ0) is 7.15. The summed E-state index contributed by atoms with van der Waals surface area (Å²) in [6.45, 7) is 0. The second-order valence-corrected chi connectivity index (χ2v) is 1.51. The molecule has 0 saturated carbocycles. The van der Waals surface area contributed by atoms with Gasteiger partial charge >= 0.3 is 26.2 Å². The van der Waals surface area contributed by atoms with Gasteiger partial charge in [0.1, 0.15) is 0 Å². The Hall–Kier alpha value is 0.263. The minimum atomic E-state index is -0.500. The first-order chi connectivity index (χ1) is 3.46. The Balaban J connectivity index is -0.0000000720. The van der Waals surface area contributed by atoms with Crippen molar-refractivity contribution in [2.45, 2.75) is 0 Å². The minimum absolute atomic E-state index is 0. The molecule has 0 aromatic heterocycles. The summed E-state index contributed by atoms with van der Waals surface area (Å²) in [5.74, 6) is 0. The molecule has 0 bridgehead atoms. The van der Waals surface area contributed by atoms with Crippen LogP contribution in [0.25, 0.3) is 0 Å². The Bertz CT molecular complexity index is 78.6. The second kappa shape index (κ2) is 11.1. The van der Waals surface area contributed by atoms with Gasteiger partial charge in [-0.15, -0.1) is 0 Å². The molecule has 0 radical (unpaired) electrons. The number of aliphatic hydroxyl groups excluding tert-OH is 2. The molecule has 6 N–H and O–H groups in total. The number of hydrogen-bond acceptors (Lipinski definition) is 2. The van der Waals surface area contributed by atoms with Crippen LogP contribution in [0.1, 0.15) is 0 Å². The van der Waals surface area contributed by atoms with Crippen molar-refractivity contribution in [1.82, 2.24) is 0 Å². The zero-order valence-electron chi connectivity index (χ0n) is 4.57. The molecule has 7 heteroatoms. The summed E-state index contributed by atoms with van der Waals surface area (Å²) in [5, 5.41) is 14.1. The third kappa shape index (κ3) is 4680. The van der Waals surface area contributed by atoms with Crippen LogP contribution in [0.15, 0.2) is 0 Å². The number of rotatable bonds is 0. The van der Waals surface area contributed by atoms with Gasteiger partial charge in [-0.25, -0.2) is 0 Å². The topological polar surface area (TPSA) is 92.5 Å². The molecule has 9 heavy (non-hydrogen) atoms. The number of aliphatic hydroxyl groups is 2. The summed E-state index contributed by atoms with van der Waals surface area (Å²) in [6.07, 6.45) is 0. The Morgan fingerprint density at radius 2 is 1.00 bits per heavy atom. The molecule has 0 amide bonds. The van der Waals surface area contributed by atoms with Crippen LogP contribution >= 0.6 is 24.4 Å². The van der Waals surface area contributed by atoms with Crippen LogP contribution < -0.4 is 11.5 Å². The number of thiocarbonyl (C=S) groups is 2. The predicted molar refractivity (Wildman–Crippen MR) is 48.8 cm³/mol. The monoisotopic (exact) mass is 366 g/mol. The molecule has 0 aliphatic heterocycles. The summed E-state index contributed by atoms with van der Waals surface area (Å²) in [7, 11) is 0. The van der Waals surface area contributed by atoms with Crippen molar-refractivity contribution >= 4 is 61.0 Å². The van der Waals surface area contributed by atoms with Gasteiger partial charge in [0.25, 0.3) is 10.3 Å². The van der Waals surface area contributed by atoms with E-state index in [9.17, 15) is 0 Å². The van der Waals surface area contributed by atoms with Crippen LogP contribution in [0.5, 0.6) is 0 Å². The fourth-order valence-corrected chi connectivity index (χ4v) is 0. The molecule has 0 heterocycles. The SMILES string of the molecule is NC(O)=S.NC(O)=S.[BiH3]. The summed E-state index contributed by atoms with van der Waals surface area (Å²) < 4.78 is 0. The van der Waals surface area contributed by atoms with Gasteiger partial charge in [0, 0.05) is 0 Å². The van der Waals surface area contributed by atoms with Crippen LogP contribution in [0.3, 0.4) is 0 Å². The second-order valence-electron chi connectivity index (χ2n) is 0.676. The molecule has 0 aliphatic rings. The van der Waals surface area contributed by atoms with Gasteiger partial charge < -0.3 is 21.7 Å². The van der Waals surface area contributed by atoms with Crippen LogP contribution in [0.4, 0.5) is 0 Å². The molecule has 0 atom stereocenters. The van der Waals surface area contributed by atoms with E-state index in [1.165, 1.54) is 0 Å². The molecule has 56 valence electrons. The molecule has 0 rings (SSSR count). The van der Waals surface area contributed by atoms with E-state index in [-0.39, 0.29) is 26.2 Å². The third-order valence-electron chi connectivity index (χ3n) is 0. The van der Waals surface area contributed by atoms with Crippen LogP contribution in [0.2, 0.25) is 0 Å². The Kier molecular flexibility index (Phi) is 19.9. The molecule has 0 spiro atoms. The van der Waals surface area contributed by atoms with E-state index in [4.69, 9.17) is 10.2 Å². The first kappa shape index (κ1) is 16.1. The van der Waals surface area contributed by atoms with Gasteiger partial charge in [-0.05, 0) is 24.4 Å². The Labute approximate surface area is 82.3 Å². The Morgan fingerprint density at radius 1 is 1.00 bits per heavy atom. The van der Waals surface area contributed by atoms with Crippen LogP contribution in [-0.2, 0) is 0 Å². The summed E-state index contributed by atoms with van der Waals surface area (Å²) in [5.41, 5.74) is 8.80. The molecule has 0 unspecified atom stereocenters. The average Bonchev–Trinajstić information content (AvgIpc) is 1.25. The fourth-order valence-electron chi connectivity index (χ4n) is 0. The molecule has 0 aromatic rings. The molecular weight excluding hydrogens is 357 g/mol. The van der Waals surface area contributed by atoms with Gasteiger partial charge in [-0.3, -0.25) is 0 Å². The maximum absolute atomic E-state index is 7.56. The van der Waals surface area contributed by atoms with E-state index in [0.717, 1.165) is 0 Å². The van der Waals surface area contributed by atoms with Crippen molar-refractivity contribution in [2.75, 3.05) is 0 Å². The molecule has 0 aliphatic carbocycles. The summed E-state index contributed by atoms with van der Waals surface area (Å²) >= 11 is 7.74. The van der Waals surface area contributed by atoms with Crippen LogP contribution in [-0.4, -0.2) is 46.8 Å². The average molecular weight is 366 g/mol. The first-order valence-electron chi connectivity index (χ1n) is 1.43. The van der Waals surface area contributed by atoms with Crippen LogP contribution in [0, 0.1) is 0 Å². The van der Waals surface area contributed by atoms with Gasteiger partial charge in [-0.2, -0.15) is 0 Å². The van der Waals surface area contributed by atoms with E-state index in [1.807, 2.05) is 0 Å². The third-order valence-corrected chi connectivity index (χ3v) is 0.